The SMILES string of the molecule is N#Cc1ccc(NC2(C(=O)O)CCCC2)cc1Br. The number of rotatable bonds is 3. The average Bonchev–Trinajstić information content (AvgIpc) is 2.79. The maximum atomic E-state index is 11.4. The van der Waals surface area contributed by atoms with Gasteiger partial charge in [-0.3, -0.25) is 0 Å². The van der Waals surface area contributed by atoms with Crippen LogP contribution in [0.3, 0.4) is 0 Å². The zero-order chi connectivity index (χ0) is 13.2. The summed E-state index contributed by atoms with van der Waals surface area (Å²) in [4.78, 5) is 11.4. The van der Waals surface area contributed by atoms with Crippen molar-refractivity contribution < 1.29 is 9.90 Å². The van der Waals surface area contributed by atoms with Crippen molar-refractivity contribution in [2.75, 3.05) is 5.32 Å². The Labute approximate surface area is 114 Å². The van der Waals surface area contributed by atoms with Gasteiger partial charge >= 0.3 is 5.97 Å². The predicted octanol–water partition coefficient (Wildman–Crippen LogP) is 3.13. The minimum absolute atomic E-state index is 0.538. The number of aliphatic carboxylic acids is 1. The number of anilines is 1. The van der Waals surface area contributed by atoms with Crippen LogP contribution in [-0.2, 0) is 4.79 Å². The fourth-order valence-electron chi connectivity index (χ4n) is 2.33. The van der Waals surface area contributed by atoms with Crippen LogP contribution in [0.25, 0.3) is 0 Å². The lowest BCUT2D eigenvalue weighted by atomic mass is 9.97. The van der Waals surface area contributed by atoms with Crippen LogP contribution >= 0.6 is 15.9 Å². The molecule has 1 aliphatic carbocycles. The van der Waals surface area contributed by atoms with Crippen molar-refractivity contribution >= 4 is 27.6 Å². The van der Waals surface area contributed by atoms with E-state index in [0.717, 1.165) is 18.5 Å². The van der Waals surface area contributed by atoms with Gasteiger partial charge in [-0.05, 0) is 47.0 Å². The standard InChI is InChI=1S/C13H13BrN2O2/c14-11-7-10(4-3-9(11)8-15)16-13(12(17)18)5-1-2-6-13/h3-4,7,16H,1-2,5-6H2,(H,17,18). The molecule has 5 heteroatoms. The molecule has 0 heterocycles. The Hall–Kier alpha value is -1.54. The lowest BCUT2D eigenvalue weighted by molar-refractivity contribution is -0.142. The third-order valence-electron chi connectivity index (χ3n) is 3.34. The summed E-state index contributed by atoms with van der Waals surface area (Å²) in [6.45, 7) is 0. The minimum Gasteiger partial charge on any atom is -0.480 e. The van der Waals surface area contributed by atoms with Gasteiger partial charge in [-0.25, -0.2) is 4.79 Å². The minimum atomic E-state index is -0.854. The molecule has 2 N–H and O–H groups in total. The Bertz CT molecular complexity index is 516. The third kappa shape index (κ3) is 2.34. The number of carboxylic acid groups (broad SMARTS) is 1. The molecule has 0 spiro atoms. The predicted molar refractivity (Wildman–Crippen MR) is 71.3 cm³/mol. The van der Waals surface area contributed by atoms with Gasteiger partial charge in [-0.1, -0.05) is 12.8 Å². The third-order valence-corrected chi connectivity index (χ3v) is 4.00. The second kappa shape index (κ2) is 4.99. The van der Waals surface area contributed by atoms with E-state index in [1.807, 2.05) is 0 Å². The van der Waals surface area contributed by atoms with E-state index in [0.29, 0.717) is 22.9 Å². The van der Waals surface area contributed by atoms with E-state index in [-0.39, 0.29) is 0 Å². The maximum Gasteiger partial charge on any atom is 0.329 e. The summed E-state index contributed by atoms with van der Waals surface area (Å²) in [5, 5.41) is 21.3. The number of nitrogens with one attached hydrogen (secondary N) is 1. The van der Waals surface area contributed by atoms with Crippen LogP contribution in [0.2, 0.25) is 0 Å². The van der Waals surface area contributed by atoms with Crippen molar-refractivity contribution in [3.8, 4) is 6.07 Å². The van der Waals surface area contributed by atoms with Crippen LogP contribution in [0.5, 0.6) is 0 Å². The maximum absolute atomic E-state index is 11.4. The summed E-state index contributed by atoms with van der Waals surface area (Å²) >= 11 is 3.30. The number of benzene rings is 1. The molecule has 0 aliphatic heterocycles. The number of carboxylic acids is 1. The van der Waals surface area contributed by atoms with Gasteiger partial charge < -0.3 is 10.4 Å². The highest BCUT2D eigenvalue weighted by molar-refractivity contribution is 9.10. The van der Waals surface area contributed by atoms with E-state index in [1.54, 1.807) is 18.2 Å². The van der Waals surface area contributed by atoms with E-state index in [2.05, 4.69) is 27.3 Å². The zero-order valence-electron chi connectivity index (χ0n) is 9.74. The lowest BCUT2D eigenvalue weighted by Gasteiger charge is -2.26. The second-order valence-electron chi connectivity index (χ2n) is 4.53. The van der Waals surface area contributed by atoms with E-state index in [9.17, 15) is 9.90 Å². The van der Waals surface area contributed by atoms with Gasteiger partial charge in [0.25, 0.3) is 0 Å². The Morgan fingerprint density at radius 3 is 2.61 bits per heavy atom. The van der Waals surface area contributed by atoms with E-state index in [1.165, 1.54) is 0 Å². The van der Waals surface area contributed by atoms with Crippen LogP contribution in [0.4, 0.5) is 5.69 Å². The van der Waals surface area contributed by atoms with Crippen molar-refractivity contribution in [3.05, 3.63) is 28.2 Å². The fourth-order valence-corrected chi connectivity index (χ4v) is 2.80. The molecule has 0 bridgehead atoms. The summed E-state index contributed by atoms with van der Waals surface area (Å²) < 4.78 is 0.675. The van der Waals surface area contributed by atoms with Gasteiger partial charge in [0.1, 0.15) is 11.6 Å². The summed E-state index contributed by atoms with van der Waals surface area (Å²) in [7, 11) is 0. The molecule has 0 radical (unpaired) electrons. The first-order chi connectivity index (χ1) is 8.57. The van der Waals surface area contributed by atoms with Gasteiger partial charge in [0.2, 0.25) is 0 Å². The number of nitrogens with zero attached hydrogens (tertiary/aromatic N) is 1. The van der Waals surface area contributed by atoms with Crippen LogP contribution < -0.4 is 5.32 Å². The van der Waals surface area contributed by atoms with Gasteiger partial charge in [-0.2, -0.15) is 5.26 Å². The highest BCUT2D eigenvalue weighted by Crippen LogP contribution is 2.34. The largest absolute Gasteiger partial charge is 0.480 e. The number of carbonyl (C=O) groups is 1. The van der Waals surface area contributed by atoms with Gasteiger partial charge in [0, 0.05) is 10.2 Å². The van der Waals surface area contributed by atoms with Crippen molar-refractivity contribution in [2.24, 2.45) is 0 Å². The van der Waals surface area contributed by atoms with Gasteiger partial charge in [-0.15, -0.1) is 0 Å². The van der Waals surface area contributed by atoms with Crippen molar-refractivity contribution in [2.45, 2.75) is 31.2 Å². The molecule has 0 saturated heterocycles. The summed E-state index contributed by atoms with van der Waals surface area (Å²) in [5.41, 5.74) is 0.412. The van der Waals surface area contributed by atoms with Crippen molar-refractivity contribution in [1.82, 2.24) is 0 Å². The van der Waals surface area contributed by atoms with Crippen LogP contribution in [0.15, 0.2) is 22.7 Å². The molecule has 0 aromatic heterocycles. The molecule has 1 aromatic carbocycles. The number of hydrogen-bond acceptors (Lipinski definition) is 3. The molecule has 0 unspecified atom stereocenters. The van der Waals surface area contributed by atoms with Crippen LogP contribution in [0.1, 0.15) is 31.2 Å². The normalized spacial score (nSPS) is 17.1. The number of nitriles is 1. The molecule has 1 fully saturated rings. The number of halogens is 1. The van der Waals surface area contributed by atoms with E-state index >= 15 is 0 Å². The summed E-state index contributed by atoms with van der Waals surface area (Å²) in [6.07, 6.45) is 3.13. The first-order valence-corrected chi connectivity index (χ1v) is 6.58. The quantitative estimate of drug-likeness (QED) is 0.899. The Morgan fingerprint density at radius 1 is 1.44 bits per heavy atom. The van der Waals surface area contributed by atoms with E-state index in [4.69, 9.17) is 5.26 Å². The Balaban J connectivity index is 2.25. The molecule has 1 aromatic rings. The highest BCUT2D eigenvalue weighted by Gasteiger charge is 2.41. The first-order valence-electron chi connectivity index (χ1n) is 5.79. The molecule has 1 saturated carbocycles. The zero-order valence-corrected chi connectivity index (χ0v) is 11.3. The Kier molecular flexibility index (Phi) is 3.58. The molecular formula is C13H13BrN2O2. The van der Waals surface area contributed by atoms with Crippen LogP contribution in [-0.4, -0.2) is 16.6 Å². The average molecular weight is 309 g/mol. The van der Waals surface area contributed by atoms with Gasteiger partial charge in [0.15, 0.2) is 0 Å². The summed E-state index contributed by atoms with van der Waals surface area (Å²) in [6, 6.07) is 7.23. The highest BCUT2D eigenvalue weighted by atomic mass is 79.9. The smallest absolute Gasteiger partial charge is 0.329 e. The topological polar surface area (TPSA) is 73.1 Å². The Morgan fingerprint density at radius 2 is 2.11 bits per heavy atom. The molecule has 0 atom stereocenters. The monoisotopic (exact) mass is 308 g/mol. The molecule has 1 aliphatic rings. The molecule has 18 heavy (non-hydrogen) atoms. The fraction of sp³-hybridized carbons (Fsp3) is 0.385. The number of hydrogen-bond donors (Lipinski definition) is 2. The molecular weight excluding hydrogens is 296 g/mol. The van der Waals surface area contributed by atoms with Crippen molar-refractivity contribution in [1.29, 1.82) is 5.26 Å². The summed E-state index contributed by atoms with van der Waals surface area (Å²) in [5.74, 6) is -0.805. The van der Waals surface area contributed by atoms with Crippen LogP contribution in [0, 0.1) is 11.3 Å². The lowest BCUT2D eigenvalue weighted by Crippen LogP contribution is -2.43. The van der Waals surface area contributed by atoms with E-state index < -0.39 is 11.5 Å². The molecule has 94 valence electrons. The first kappa shape index (κ1) is 12.9. The second-order valence-corrected chi connectivity index (χ2v) is 5.38. The van der Waals surface area contributed by atoms with Gasteiger partial charge in [0.05, 0.1) is 5.56 Å². The van der Waals surface area contributed by atoms with Crippen molar-refractivity contribution in [3.63, 3.8) is 0 Å². The molecule has 0 amide bonds. The molecule has 2 rings (SSSR count). The molecule has 4 nitrogen and oxygen atoms in total.